The van der Waals surface area contributed by atoms with Gasteiger partial charge in [0.2, 0.25) is 0 Å². The maximum Gasteiger partial charge on any atom is 0.316 e. The zero-order valence-corrected chi connectivity index (χ0v) is 22.7. The van der Waals surface area contributed by atoms with Gasteiger partial charge in [0.15, 0.2) is 11.6 Å². The summed E-state index contributed by atoms with van der Waals surface area (Å²) in [7, 11) is 1.55. The van der Waals surface area contributed by atoms with Gasteiger partial charge in [-0.05, 0) is 43.2 Å². The summed E-state index contributed by atoms with van der Waals surface area (Å²) in [5.41, 5.74) is 7.81. The smallest absolute Gasteiger partial charge is 0.316 e. The monoisotopic (exact) mass is 559 g/mol. The van der Waals surface area contributed by atoms with E-state index in [1.165, 1.54) is 23.5 Å². The quantitative estimate of drug-likeness (QED) is 0.249. The molecule has 5 rings (SSSR count). The van der Waals surface area contributed by atoms with E-state index in [4.69, 9.17) is 15.2 Å². The zero-order valence-electron chi connectivity index (χ0n) is 21.8. The molecular weight excluding hydrogens is 533 g/mol. The number of ether oxygens (including phenoxy) is 2. The van der Waals surface area contributed by atoms with E-state index in [0.29, 0.717) is 23.4 Å². The molecule has 40 heavy (non-hydrogen) atoms. The average Bonchev–Trinajstić information content (AvgIpc) is 3.62. The Morgan fingerprint density at radius 2 is 1.90 bits per heavy atom. The molecule has 2 aromatic carbocycles. The molecule has 0 saturated heterocycles. The Balaban J connectivity index is 1.40. The number of anilines is 1. The molecule has 2 N–H and O–H groups in total. The highest BCUT2D eigenvalue weighted by atomic mass is 32.1. The number of fused-ring (bicyclic) bond motifs is 1. The summed E-state index contributed by atoms with van der Waals surface area (Å²) in [5.74, 6) is -1.77. The maximum absolute atomic E-state index is 15.3. The molecule has 2 amide bonds. The minimum Gasteiger partial charge on any atom is -0.496 e. The Bertz CT molecular complexity index is 1700. The SMILES string of the molecule is CCn1cnc(-c2cc3nccc(Oc4ccc(N(CCc5ccccc5OC)C(=O)C(N)=O)cc4F)c3s2)c1. The Hall–Kier alpha value is -4.77. The molecule has 5 aromatic rings. The third-order valence-electron chi connectivity index (χ3n) is 6.33. The highest BCUT2D eigenvalue weighted by Gasteiger charge is 2.23. The third-order valence-corrected chi connectivity index (χ3v) is 7.49. The van der Waals surface area contributed by atoms with E-state index in [2.05, 4.69) is 9.97 Å². The molecule has 11 heteroatoms. The second-order valence-corrected chi connectivity index (χ2v) is 9.88. The lowest BCUT2D eigenvalue weighted by Gasteiger charge is -2.22. The number of hydrogen-bond acceptors (Lipinski definition) is 7. The van der Waals surface area contributed by atoms with Gasteiger partial charge in [0.1, 0.15) is 11.5 Å². The van der Waals surface area contributed by atoms with Gasteiger partial charge in [-0.1, -0.05) is 18.2 Å². The molecule has 0 fully saturated rings. The molecule has 0 atom stereocenters. The van der Waals surface area contributed by atoms with Crippen molar-refractivity contribution in [2.45, 2.75) is 19.9 Å². The Labute approximate surface area is 233 Å². The van der Waals surface area contributed by atoms with Crippen LogP contribution in [0.25, 0.3) is 20.8 Å². The summed E-state index contributed by atoms with van der Waals surface area (Å²) in [4.78, 5) is 35.3. The van der Waals surface area contributed by atoms with Crippen LogP contribution in [0.15, 0.2) is 73.3 Å². The molecule has 204 valence electrons. The summed E-state index contributed by atoms with van der Waals surface area (Å²) in [6, 6.07) is 15.0. The van der Waals surface area contributed by atoms with Gasteiger partial charge >= 0.3 is 11.8 Å². The predicted octanol–water partition coefficient (Wildman–Crippen LogP) is 5.18. The topological polar surface area (TPSA) is 113 Å². The second kappa shape index (κ2) is 11.5. The van der Waals surface area contributed by atoms with Crippen LogP contribution in [0.1, 0.15) is 12.5 Å². The van der Waals surface area contributed by atoms with Crippen molar-refractivity contribution < 1.29 is 23.5 Å². The number of imidazole rings is 1. The van der Waals surface area contributed by atoms with E-state index in [-0.39, 0.29) is 18.0 Å². The van der Waals surface area contributed by atoms with Gasteiger partial charge in [0, 0.05) is 43.3 Å². The number of nitrogens with zero attached hydrogens (tertiary/aromatic N) is 4. The summed E-state index contributed by atoms with van der Waals surface area (Å²) in [5, 5.41) is 0. The van der Waals surface area contributed by atoms with Crippen molar-refractivity contribution in [3.05, 3.63) is 84.7 Å². The van der Waals surface area contributed by atoms with Crippen LogP contribution in [0.2, 0.25) is 0 Å². The number of hydrogen-bond donors (Lipinski definition) is 1. The van der Waals surface area contributed by atoms with E-state index in [0.717, 1.165) is 38.3 Å². The minimum absolute atomic E-state index is 0.0438. The maximum atomic E-state index is 15.3. The van der Waals surface area contributed by atoms with E-state index in [1.807, 2.05) is 42.0 Å². The molecule has 0 aliphatic rings. The first-order valence-electron chi connectivity index (χ1n) is 12.5. The van der Waals surface area contributed by atoms with Crippen molar-refractivity contribution in [3.8, 4) is 27.8 Å². The molecule has 3 aromatic heterocycles. The fraction of sp³-hybridized carbons (Fsp3) is 0.172. The van der Waals surface area contributed by atoms with E-state index < -0.39 is 17.6 Å². The molecule has 3 heterocycles. The molecule has 0 unspecified atom stereocenters. The van der Waals surface area contributed by atoms with Crippen LogP contribution in [-0.2, 0) is 22.6 Å². The van der Waals surface area contributed by atoms with Gasteiger partial charge in [-0.2, -0.15) is 0 Å². The van der Waals surface area contributed by atoms with Crippen LogP contribution >= 0.6 is 11.3 Å². The molecule has 0 spiro atoms. The number of primary amides is 1. The molecule has 0 aliphatic carbocycles. The van der Waals surface area contributed by atoms with Gasteiger partial charge < -0.3 is 24.7 Å². The Morgan fingerprint density at radius 1 is 1.07 bits per heavy atom. The summed E-state index contributed by atoms with van der Waals surface area (Å²) >= 11 is 1.45. The standard InChI is InChI=1S/C29H26FN5O4S/c1-3-34-16-22(33-17-34)26-15-21-27(40-26)25(10-12-32-21)39-24-9-8-19(14-20(24)30)35(29(37)28(31)36)13-11-18-6-4-5-7-23(18)38-2/h4-10,12,14-17H,3,11,13H2,1-2H3,(H2,31,36). The zero-order chi connectivity index (χ0) is 28.2. The van der Waals surface area contributed by atoms with E-state index >= 15 is 4.39 Å². The van der Waals surface area contributed by atoms with Crippen LogP contribution < -0.4 is 20.1 Å². The number of aromatic nitrogens is 3. The van der Waals surface area contributed by atoms with Crippen molar-refractivity contribution in [2.24, 2.45) is 5.73 Å². The third kappa shape index (κ3) is 5.50. The van der Waals surface area contributed by atoms with Crippen LogP contribution in [-0.4, -0.2) is 40.0 Å². The molecule has 0 radical (unpaired) electrons. The fourth-order valence-corrected chi connectivity index (χ4v) is 5.29. The number of nitrogens with two attached hydrogens (primary N) is 1. The Morgan fingerprint density at radius 3 is 2.62 bits per heavy atom. The molecule has 0 aliphatic heterocycles. The van der Waals surface area contributed by atoms with Crippen molar-refractivity contribution >= 4 is 39.1 Å². The number of halogens is 1. The number of pyridine rings is 1. The summed E-state index contributed by atoms with van der Waals surface area (Å²) in [6.07, 6.45) is 5.67. The van der Waals surface area contributed by atoms with Crippen LogP contribution in [0, 0.1) is 5.82 Å². The average molecular weight is 560 g/mol. The number of para-hydroxylation sites is 1. The van der Waals surface area contributed by atoms with Gasteiger partial charge in [-0.3, -0.25) is 14.6 Å². The lowest BCUT2D eigenvalue weighted by molar-refractivity contribution is -0.135. The minimum atomic E-state index is -1.14. The second-order valence-electron chi connectivity index (χ2n) is 8.82. The molecule has 0 bridgehead atoms. The van der Waals surface area contributed by atoms with Crippen LogP contribution in [0.4, 0.5) is 10.1 Å². The van der Waals surface area contributed by atoms with Crippen molar-refractivity contribution in [2.75, 3.05) is 18.6 Å². The number of rotatable bonds is 9. The summed E-state index contributed by atoms with van der Waals surface area (Å²) < 4.78 is 29.4. The fourth-order valence-electron chi connectivity index (χ4n) is 4.26. The highest BCUT2D eigenvalue weighted by molar-refractivity contribution is 7.22. The molecule has 9 nitrogen and oxygen atoms in total. The van der Waals surface area contributed by atoms with Crippen molar-refractivity contribution in [3.63, 3.8) is 0 Å². The first kappa shape index (κ1) is 26.8. The number of thiophene rings is 1. The largest absolute Gasteiger partial charge is 0.496 e. The molecule has 0 saturated carbocycles. The Kier molecular flexibility index (Phi) is 7.74. The number of amides is 2. The van der Waals surface area contributed by atoms with Gasteiger partial charge in [0.25, 0.3) is 0 Å². The van der Waals surface area contributed by atoms with Crippen LogP contribution in [0.3, 0.4) is 0 Å². The first-order valence-corrected chi connectivity index (χ1v) is 13.3. The van der Waals surface area contributed by atoms with E-state index in [9.17, 15) is 9.59 Å². The van der Waals surface area contributed by atoms with Gasteiger partial charge in [-0.15, -0.1) is 11.3 Å². The lowest BCUT2D eigenvalue weighted by Crippen LogP contribution is -2.41. The number of benzene rings is 2. The lowest BCUT2D eigenvalue weighted by atomic mass is 10.1. The van der Waals surface area contributed by atoms with Crippen molar-refractivity contribution in [1.82, 2.24) is 14.5 Å². The van der Waals surface area contributed by atoms with Crippen LogP contribution in [0.5, 0.6) is 17.2 Å². The first-order chi connectivity index (χ1) is 19.4. The molecular formula is C29H26FN5O4S. The number of methoxy groups -OCH3 is 1. The van der Waals surface area contributed by atoms with Crippen molar-refractivity contribution in [1.29, 1.82) is 0 Å². The van der Waals surface area contributed by atoms with Gasteiger partial charge in [-0.25, -0.2) is 9.37 Å². The number of carbonyl (C=O) groups excluding carboxylic acids is 2. The normalized spacial score (nSPS) is 11.0. The van der Waals surface area contributed by atoms with E-state index in [1.54, 1.807) is 31.8 Å². The van der Waals surface area contributed by atoms with Gasteiger partial charge in [0.05, 0.1) is 34.2 Å². The number of carbonyl (C=O) groups is 2. The highest BCUT2D eigenvalue weighted by Crippen LogP contribution is 2.39. The predicted molar refractivity (Wildman–Crippen MR) is 151 cm³/mol. The summed E-state index contributed by atoms with van der Waals surface area (Å²) in [6.45, 7) is 2.92. The number of aryl methyl sites for hydroxylation is 1.